The first kappa shape index (κ1) is 12.6. The van der Waals surface area contributed by atoms with Crippen LogP contribution in [0.15, 0.2) is 30.8 Å². The van der Waals surface area contributed by atoms with Crippen molar-refractivity contribution in [1.82, 2.24) is 0 Å². The molecule has 1 aromatic carbocycles. The Morgan fingerprint density at radius 1 is 1.13 bits per heavy atom. The third-order valence-electron chi connectivity index (χ3n) is 2.98. The third-order valence-corrected chi connectivity index (χ3v) is 9.19. The van der Waals surface area contributed by atoms with Gasteiger partial charge in [-0.25, -0.2) is 0 Å². The SMILES string of the molecule is C=Cc1ccc(C[CH2][Ge]([CH2]C)[CH2]C)cc1. The molecule has 0 aliphatic heterocycles. The second-order valence-electron chi connectivity index (χ2n) is 3.90. The predicted molar refractivity (Wildman–Crippen MR) is 71.8 cm³/mol. The Bertz CT molecular complexity index is 283. The Labute approximate surface area is 98.5 Å². The standard InChI is InChI=1S/C14H21Ge/c1-4-13-7-9-14(10-8-13)11-12-15(5-2)6-3/h4,7-10H,1,5-6,11-12H2,2-3H3. The Balaban J connectivity index is 2.46. The van der Waals surface area contributed by atoms with Gasteiger partial charge in [0.25, 0.3) is 0 Å². The van der Waals surface area contributed by atoms with Crippen LogP contribution < -0.4 is 0 Å². The van der Waals surface area contributed by atoms with Crippen molar-refractivity contribution >= 4 is 20.4 Å². The van der Waals surface area contributed by atoms with Gasteiger partial charge < -0.3 is 0 Å². The summed E-state index contributed by atoms with van der Waals surface area (Å²) in [7, 11) is 0. The molecule has 0 saturated carbocycles. The molecule has 1 heteroatoms. The first-order valence-electron chi connectivity index (χ1n) is 5.85. The maximum atomic E-state index is 3.77. The van der Waals surface area contributed by atoms with Crippen LogP contribution in [0.3, 0.4) is 0 Å². The molecule has 0 nitrogen and oxygen atoms in total. The molecule has 0 saturated heterocycles. The summed E-state index contributed by atoms with van der Waals surface area (Å²) in [5, 5.41) is 4.43. The molecular formula is C14H21Ge. The Morgan fingerprint density at radius 3 is 2.20 bits per heavy atom. The summed E-state index contributed by atoms with van der Waals surface area (Å²) >= 11 is -0.661. The van der Waals surface area contributed by atoms with Crippen LogP contribution in [-0.4, -0.2) is 14.3 Å². The summed E-state index contributed by atoms with van der Waals surface area (Å²) in [6.45, 7) is 8.49. The van der Waals surface area contributed by atoms with Crippen LogP contribution in [0.25, 0.3) is 6.08 Å². The first-order chi connectivity index (χ1) is 7.30. The van der Waals surface area contributed by atoms with Crippen molar-refractivity contribution in [1.29, 1.82) is 0 Å². The van der Waals surface area contributed by atoms with Crippen molar-refractivity contribution in [3.8, 4) is 0 Å². The van der Waals surface area contributed by atoms with Gasteiger partial charge in [0.2, 0.25) is 0 Å². The Morgan fingerprint density at radius 2 is 1.73 bits per heavy atom. The summed E-state index contributed by atoms with van der Waals surface area (Å²) in [4.78, 5) is 0. The fraction of sp³-hybridized carbons (Fsp3) is 0.429. The zero-order valence-electron chi connectivity index (χ0n) is 9.92. The summed E-state index contributed by atoms with van der Waals surface area (Å²) in [5.41, 5.74) is 2.72. The van der Waals surface area contributed by atoms with Crippen molar-refractivity contribution in [3.63, 3.8) is 0 Å². The molecule has 81 valence electrons. The summed E-state index contributed by atoms with van der Waals surface area (Å²) in [6.07, 6.45) is 3.19. The van der Waals surface area contributed by atoms with E-state index in [2.05, 4.69) is 44.7 Å². The Kier molecular flexibility index (Phi) is 5.77. The molecule has 1 aromatic rings. The molecule has 0 aliphatic carbocycles. The van der Waals surface area contributed by atoms with Crippen LogP contribution >= 0.6 is 0 Å². The topological polar surface area (TPSA) is 0 Å². The average molecular weight is 262 g/mol. The average Bonchev–Trinajstić information content (AvgIpc) is 2.31. The van der Waals surface area contributed by atoms with Crippen LogP contribution in [0.1, 0.15) is 25.0 Å². The Hall–Kier alpha value is -0.497. The monoisotopic (exact) mass is 263 g/mol. The normalized spacial score (nSPS) is 10.6. The number of benzene rings is 1. The molecule has 0 N–H and O–H groups in total. The molecule has 15 heavy (non-hydrogen) atoms. The van der Waals surface area contributed by atoms with Gasteiger partial charge in [0.1, 0.15) is 0 Å². The fourth-order valence-electron chi connectivity index (χ4n) is 1.75. The van der Waals surface area contributed by atoms with Crippen LogP contribution in [-0.2, 0) is 6.42 Å². The number of hydrogen-bond donors (Lipinski definition) is 0. The van der Waals surface area contributed by atoms with E-state index in [1.165, 1.54) is 33.3 Å². The van der Waals surface area contributed by atoms with Gasteiger partial charge in [-0.2, -0.15) is 0 Å². The van der Waals surface area contributed by atoms with Gasteiger partial charge >= 0.3 is 98.4 Å². The second kappa shape index (κ2) is 6.89. The minimum absolute atomic E-state index is 0.661. The van der Waals surface area contributed by atoms with Crippen LogP contribution in [0, 0.1) is 0 Å². The molecular weight excluding hydrogens is 241 g/mol. The molecule has 0 spiro atoms. The van der Waals surface area contributed by atoms with Gasteiger partial charge in [0, 0.05) is 0 Å². The number of rotatable bonds is 6. The summed E-state index contributed by atoms with van der Waals surface area (Å²) in [5.74, 6) is 0. The van der Waals surface area contributed by atoms with E-state index in [0.717, 1.165) is 0 Å². The van der Waals surface area contributed by atoms with Gasteiger partial charge in [-0.05, 0) is 0 Å². The van der Waals surface area contributed by atoms with Crippen molar-refractivity contribution in [2.24, 2.45) is 0 Å². The minimum atomic E-state index is -0.661. The van der Waals surface area contributed by atoms with E-state index >= 15 is 0 Å². The van der Waals surface area contributed by atoms with Crippen LogP contribution in [0.4, 0.5) is 0 Å². The van der Waals surface area contributed by atoms with E-state index in [1.807, 2.05) is 6.08 Å². The molecule has 0 heterocycles. The van der Waals surface area contributed by atoms with Gasteiger partial charge in [0.05, 0.1) is 0 Å². The molecule has 1 radical (unpaired) electrons. The quantitative estimate of drug-likeness (QED) is 0.666. The molecule has 0 amide bonds. The van der Waals surface area contributed by atoms with E-state index in [0.29, 0.717) is 0 Å². The molecule has 0 unspecified atom stereocenters. The zero-order chi connectivity index (χ0) is 11.1. The molecule has 1 rings (SSSR count). The predicted octanol–water partition coefficient (Wildman–Crippen LogP) is 4.41. The van der Waals surface area contributed by atoms with E-state index in [4.69, 9.17) is 0 Å². The van der Waals surface area contributed by atoms with Crippen molar-refractivity contribution < 1.29 is 0 Å². The van der Waals surface area contributed by atoms with Crippen LogP contribution in [0.5, 0.6) is 0 Å². The van der Waals surface area contributed by atoms with Crippen molar-refractivity contribution in [2.75, 3.05) is 0 Å². The van der Waals surface area contributed by atoms with Crippen LogP contribution in [0.2, 0.25) is 15.8 Å². The van der Waals surface area contributed by atoms with E-state index in [9.17, 15) is 0 Å². The molecule has 0 aromatic heterocycles. The van der Waals surface area contributed by atoms with E-state index < -0.39 is 14.3 Å². The summed E-state index contributed by atoms with van der Waals surface area (Å²) < 4.78 is 0. The zero-order valence-corrected chi connectivity index (χ0v) is 12.0. The fourth-order valence-corrected chi connectivity index (χ4v) is 5.63. The van der Waals surface area contributed by atoms with Gasteiger partial charge in [-0.15, -0.1) is 0 Å². The third kappa shape index (κ3) is 4.25. The molecule has 0 atom stereocenters. The van der Waals surface area contributed by atoms with Gasteiger partial charge in [0.15, 0.2) is 0 Å². The van der Waals surface area contributed by atoms with E-state index in [-0.39, 0.29) is 0 Å². The summed E-state index contributed by atoms with van der Waals surface area (Å²) in [6, 6.07) is 8.83. The number of aryl methyl sites for hydroxylation is 1. The van der Waals surface area contributed by atoms with Gasteiger partial charge in [-0.3, -0.25) is 0 Å². The molecule has 0 aliphatic rings. The second-order valence-corrected chi connectivity index (χ2v) is 11.1. The first-order valence-corrected chi connectivity index (χ1v) is 10.3. The van der Waals surface area contributed by atoms with Gasteiger partial charge in [-0.1, -0.05) is 0 Å². The van der Waals surface area contributed by atoms with Crippen molar-refractivity contribution in [3.05, 3.63) is 42.0 Å². The van der Waals surface area contributed by atoms with E-state index in [1.54, 1.807) is 0 Å². The molecule has 0 fully saturated rings. The number of hydrogen-bond acceptors (Lipinski definition) is 0. The van der Waals surface area contributed by atoms with Crippen molar-refractivity contribution in [2.45, 2.75) is 36.0 Å². The maximum absolute atomic E-state index is 3.77. The molecule has 0 bridgehead atoms.